The average Bonchev–Trinajstić information content (AvgIpc) is 2.11. The molecule has 7 heteroatoms. The van der Waals surface area contributed by atoms with Crippen LogP contribution in [0.5, 0.6) is 0 Å². The normalized spacial score (nSPS) is 17.1. The first kappa shape index (κ1) is 11.4. The van der Waals surface area contributed by atoms with Gasteiger partial charge in [0.05, 0.1) is 0 Å². The van der Waals surface area contributed by atoms with Crippen LogP contribution in [0.15, 0.2) is 23.1 Å². The van der Waals surface area contributed by atoms with Gasteiger partial charge in [-0.3, -0.25) is 0 Å². The Bertz CT molecular complexity index is 480. The van der Waals surface area contributed by atoms with E-state index < -0.39 is 26.6 Å². The van der Waals surface area contributed by atoms with Gasteiger partial charge in [-0.1, -0.05) is 6.07 Å². The van der Waals surface area contributed by atoms with Crippen molar-refractivity contribution >= 4 is 10.0 Å². The van der Waals surface area contributed by atoms with Crippen molar-refractivity contribution in [3.05, 3.63) is 29.8 Å². The number of hydrogen-bond acceptors (Lipinski definition) is 3. The van der Waals surface area contributed by atoms with Gasteiger partial charge in [-0.2, -0.15) is 0 Å². The summed E-state index contributed by atoms with van der Waals surface area (Å²) >= 11 is 0. The van der Waals surface area contributed by atoms with Crippen LogP contribution < -0.4 is 10.0 Å². The molecule has 0 bridgehead atoms. The molecule has 0 amide bonds. The largest absolute Gasteiger partial charge is 0.313 e. The van der Waals surface area contributed by atoms with E-state index in [9.17, 15) is 17.2 Å². The number of benzene rings is 1. The summed E-state index contributed by atoms with van der Waals surface area (Å²) < 4.78 is 52.0. The minimum absolute atomic E-state index is 0.302. The van der Waals surface area contributed by atoms with Gasteiger partial charge in [0.2, 0.25) is 10.0 Å². The Kier molecular flexibility index (Phi) is 2.92. The molecule has 0 saturated carbocycles. The zero-order valence-corrected chi connectivity index (χ0v) is 9.02. The van der Waals surface area contributed by atoms with Gasteiger partial charge in [-0.15, -0.1) is 0 Å². The summed E-state index contributed by atoms with van der Waals surface area (Å²) in [6.45, 7) is 0.935. The fraction of sp³-hybridized carbons (Fsp3) is 0.333. The van der Waals surface area contributed by atoms with Gasteiger partial charge >= 0.3 is 0 Å². The monoisotopic (exact) mass is 248 g/mol. The van der Waals surface area contributed by atoms with E-state index in [1.54, 1.807) is 0 Å². The molecule has 88 valence electrons. The summed E-state index contributed by atoms with van der Waals surface area (Å²) in [5, 5.41) is 2.85. The quantitative estimate of drug-likeness (QED) is 0.804. The van der Waals surface area contributed by atoms with Crippen LogP contribution in [0.2, 0.25) is 0 Å². The predicted molar refractivity (Wildman–Crippen MR) is 53.3 cm³/mol. The van der Waals surface area contributed by atoms with Gasteiger partial charge in [0.1, 0.15) is 11.6 Å². The second-order valence-corrected chi connectivity index (χ2v) is 5.18. The third kappa shape index (κ3) is 2.06. The lowest BCUT2D eigenvalue weighted by Crippen LogP contribution is -2.56. The maximum Gasteiger partial charge on any atom is 0.246 e. The molecule has 0 spiro atoms. The minimum atomic E-state index is -4.12. The van der Waals surface area contributed by atoms with Crippen molar-refractivity contribution in [3.63, 3.8) is 0 Å². The minimum Gasteiger partial charge on any atom is -0.313 e. The number of halogens is 2. The van der Waals surface area contributed by atoms with Crippen LogP contribution in [0.25, 0.3) is 0 Å². The van der Waals surface area contributed by atoms with Crippen LogP contribution in [-0.2, 0) is 10.0 Å². The highest BCUT2D eigenvalue weighted by Gasteiger charge is 2.28. The molecule has 0 aromatic heterocycles. The molecule has 1 fully saturated rings. The zero-order chi connectivity index (χ0) is 11.8. The lowest BCUT2D eigenvalue weighted by molar-refractivity contribution is 0.407. The highest BCUT2D eigenvalue weighted by Crippen LogP contribution is 2.18. The molecule has 1 aliphatic heterocycles. The second kappa shape index (κ2) is 4.08. The molecular formula is C9H10F2N2O2S. The van der Waals surface area contributed by atoms with E-state index in [4.69, 9.17) is 0 Å². The van der Waals surface area contributed by atoms with Gasteiger partial charge in [0.15, 0.2) is 4.90 Å². The van der Waals surface area contributed by atoms with E-state index in [1.807, 2.05) is 0 Å². The topological polar surface area (TPSA) is 58.2 Å². The molecule has 1 aromatic carbocycles. The lowest BCUT2D eigenvalue weighted by atomic mass is 10.2. The van der Waals surface area contributed by atoms with Gasteiger partial charge in [0.25, 0.3) is 0 Å². The van der Waals surface area contributed by atoms with E-state index in [-0.39, 0.29) is 6.04 Å². The molecular weight excluding hydrogens is 238 g/mol. The van der Waals surface area contributed by atoms with E-state index in [2.05, 4.69) is 10.0 Å². The van der Waals surface area contributed by atoms with Gasteiger partial charge < -0.3 is 5.32 Å². The first-order chi connectivity index (χ1) is 7.50. The highest BCUT2D eigenvalue weighted by molar-refractivity contribution is 7.89. The summed E-state index contributed by atoms with van der Waals surface area (Å²) in [6, 6.07) is 2.64. The van der Waals surface area contributed by atoms with Crippen LogP contribution in [0.3, 0.4) is 0 Å². The molecule has 1 aliphatic rings. The lowest BCUT2D eigenvalue weighted by Gasteiger charge is -2.27. The number of hydrogen-bond donors (Lipinski definition) is 2. The maximum absolute atomic E-state index is 13.2. The molecule has 1 heterocycles. The van der Waals surface area contributed by atoms with Gasteiger partial charge in [0, 0.05) is 19.1 Å². The van der Waals surface area contributed by atoms with E-state index in [1.165, 1.54) is 0 Å². The standard InChI is InChI=1S/C9H10F2N2O2S/c10-7-2-1-3-8(11)9(7)16(14,15)13-6-4-12-5-6/h1-3,6,12-13H,4-5H2. The Morgan fingerprint density at radius 1 is 1.25 bits per heavy atom. The smallest absolute Gasteiger partial charge is 0.246 e. The number of rotatable bonds is 3. The zero-order valence-electron chi connectivity index (χ0n) is 8.20. The third-order valence-electron chi connectivity index (χ3n) is 2.29. The molecule has 0 radical (unpaired) electrons. The van der Waals surface area contributed by atoms with Crippen LogP contribution in [0, 0.1) is 11.6 Å². The number of nitrogens with one attached hydrogen (secondary N) is 2. The average molecular weight is 248 g/mol. The fourth-order valence-corrected chi connectivity index (χ4v) is 2.76. The summed E-state index contributed by atoms with van der Waals surface area (Å²) in [7, 11) is -4.12. The van der Waals surface area contributed by atoms with Crippen LogP contribution in [-0.4, -0.2) is 27.5 Å². The van der Waals surface area contributed by atoms with Gasteiger partial charge in [-0.05, 0) is 12.1 Å². The Morgan fingerprint density at radius 3 is 2.25 bits per heavy atom. The van der Waals surface area contributed by atoms with Crippen molar-refractivity contribution in [1.82, 2.24) is 10.0 Å². The van der Waals surface area contributed by atoms with E-state index in [0.717, 1.165) is 18.2 Å². The first-order valence-corrected chi connectivity index (χ1v) is 6.16. The Morgan fingerprint density at radius 2 is 1.81 bits per heavy atom. The summed E-state index contributed by atoms with van der Waals surface area (Å²) in [4.78, 5) is -0.915. The molecule has 2 rings (SSSR count). The van der Waals surface area contributed by atoms with Crippen LogP contribution in [0.4, 0.5) is 8.78 Å². The molecule has 0 aliphatic carbocycles. The Labute approximate surface area is 91.7 Å². The summed E-state index contributed by atoms with van der Waals surface area (Å²) in [6.07, 6.45) is 0. The highest BCUT2D eigenvalue weighted by atomic mass is 32.2. The van der Waals surface area contributed by atoms with Crippen molar-refractivity contribution in [1.29, 1.82) is 0 Å². The van der Waals surface area contributed by atoms with Crippen LogP contribution >= 0.6 is 0 Å². The molecule has 16 heavy (non-hydrogen) atoms. The predicted octanol–water partition coefficient (Wildman–Crippen LogP) is 0.215. The molecule has 1 saturated heterocycles. The van der Waals surface area contributed by atoms with E-state index >= 15 is 0 Å². The van der Waals surface area contributed by atoms with E-state index in [0.29, 0.717) is 13.1 Å². The summed E-state index contributed by atoms with van der Waals surface area (Å²) in [5.41, 5.74) is 0. The maximum atomic E-state index is 13.2. The molecule has 0 unspecified atom stereocenters. The van der Waals surface area contributed by atoms with Crippen molar-refractivity contribution in [2.24, 2.45) is 0 Å². The molecule has 2 N–H and O–H groups in total. The fourth-order valence-electron chi connectivity index (χ4n) is 1.39. The van der Waals surface area contributed by atoms with Crippen molar-refractivity contribution in [2.75, 3.05) is 13.1 Å². The van der Waals surface area contributed by atoms with Crippen molar-refractivity contribution < 1.29 is 17.2 Å². The first-order valence-electron chi connectivity index (χ1n) is 4.68. The van der Waals surface area contributed by atoms with Crippen molar-refractivity contribution in [2.45, 2.75) is 10.9 Å². The molecule has 0 atom stereocenters. The van der Waals surface area contributed by atoms with Crippen LogP contribution in [0.1, 0.15) is 0 Å². The summed E-state index contributed by atoms with van der Waals surface area (Å²) in [5.74, 6) is -2.17. The Balaban J connectivity index is 2.34. The van der Waals surface area contributed by atoms with Crippen molar-refractivity contribution in [3.8, 4) is 0 Å². The van der Waals surface area contributed by atoms with Gasteiger partial charge in [-0.25, -0.2) is 21.9 Å². The number of sulfonamides is 1. The SMILES string of the molecule is O=S(=O)(NC1CNC1)c1c(F)cccc1F. The Hall–Kier alpha value is -1.05. The molecule has 1 aromatic rings. The third-order valence-corrected chi connectivity index (χ3v) is 3.86. The second-order valence-electron chi connectivity index (χ2n) is 3.53. The molecule has 4 nitrogen and oxygen atoms in total.